The van der Waals surface area contributed by atoms with Crippen molar-refractivity contribution < 1.29 is 32.6 Å². The van der Waals surface area contributed by atoms with Crippen molar-refractivity contribution in [3.63, 3.8) is 0 Å². The van der Waals surface area contributed by atoms with E-state index in [-0.39, 0.29) is 41.4 Å². The number of aromatic nitrogens is 2. The Bertz CT molecular complexity index is 1030. The average molecular weight is 512 g/mol. The van der Waals surface area contributed by atoms with Crippen molar-refractivity contribution in [2.45, 2.75) is 24.7 Å². The molecule has 1 N–H and O–H groups in total. The lowest BCUT2D eigenvalue weighted by atomic mass is 10.00. The lowest BCUT2D eigenvalue weighted by molar-refractivity contribution is -0.136. The first-order chi connectivity index (χ1) is 14.1. The predicted molar refractivity (Wildman–Crippen MR) is 101 cm³/mol. The third kappa shape index (κ3) is 3.60. The molecule has 13 heteroatoms. The van der Waals surface area contributed by atoms with Crippen molar-refractivity contribution in [3.8, 4) is 0 Å². The Kier molecular flexibility index (Phi) is 5.35. The van der Waals surface area contributed by atoms with Crippen LogP contribution in [0.3, 0.4) is 0 Å². The summed E-state index contributed by atoms with van der Waals surface area (Å²) in [5, 5.41) is 10.2. The van der Waals surface area contributed by atoms with Crippen LogP contribution in [0.25, 0.3) is 5.65 Å². The van der Waals surface area contributed by atoms with Crippen molar-refractivity contribution in [1.29, 1.82) is 0 Å². The third-order valence-electron chi connectivity index (χ3n) is 5.16. The predicted octanol–water partition coefficient (Wildman–Crippen LogP) is 2.80. The van der Waals surface area contributed by atoms with E-state index in [9.17, 15) is 27.9 Å². The Hall–Kier alpha value is -2.05. The first kappa shape index (κ1) is 21.2. The molecule has 2 aromatic heterocycles. The van der Waals surface area contributed by atoms with Crippen LogP contribution in [0, 0.1) is 0 Å². The number of halogens is 5. The minimum absolute atomic E-state index is 0.118. The van der Waals surface area contributed by atoms with Crippen molar-refractivity contribution in [3.05, 3.63) is 33.1 Å². The van der Waals surface area contributed by atoms with Gasteiger partial charge in [-0.15, -0.1) is 0 Å². The summed E-state index contributed by atoms with van der Waals surface area (Å²) in [5.41, 5.74) is -1.87. The molecule has 2 aliphatic rings. The van der Waals surface area contributed by atoms with E-state index in [1.807, 2.05) is 0 Å². The molecule has 0 saturated carbocycles. The number of carbonyl (C=O) groups is 2. The number of aliphatic hydroxyl groups excluding tert-OH is 1. The summed E-state index contributed by atoms with van der Waals surface area (Å²) in [5.74, 6) is -0.700. The number of aliphatic hydroxyl groups is 1. The fourth-order valence-corrected chi connectivity index (χ4v) is 4.44. The van der Waals surface area contributed by atoms with Gasteiger partial charge in [-0.25, -0.2) is 9.78 Å². The number of hydrogen-bond acceptors (Lipinski definition) is 5. The largest absolute Gasteiger partial charge is 0.448 e. The third-order valence-corrected chi connectivity index (χ3v) is 5.96. The summed E-state index contributed by atoms with van der Waals surface area (Å²) in [6, 6.07) is 0.352. The van der Waals surface area contributed by atoms with Crippen LogP contribution >= 0.6 is 27.5 Å². The summed E-state index contributed by atoms with van der Waals surface area (Å²) >= 11 is 9.19. The van der Waals surface area contributed by atoms with Gasteiger partial charge in [-0.05, 0) is 28.4 Å². The molecule has 2 atom stereocenters. The molecular formula is C17H15BrClF3N4O4. The number of cyclic esters (lactones) is 1. The van der Waals surface area contributed by atoms with E-state index in [1.165, 1.54) is 16.0 Å². The summed E-state index contributed by atoms with van der Waals surface area (Å²) in [6.45, 7) is 0.637. The van der Waals surface area contributed by atoms with Crippen molar-refractivity contribution >= 4 is 45.2 Å². The number of carbonyl (C=O) groups excluding carboxylic acids is 2. The normalized spacial score (nSPS) is 22.7. The standard InChI is InChI=1S/C17H15BrClF3N4O4/c18-8-5-9(17(20,21)22)14-23-12(13(19)26(14)6-8)15(28)24-2-1-10(11(27)7-24)25-3-4-30-16(25)29/h5-6,10-11,27H,1-4,7H2/t10-,11-/m0/s1. The lowest BCUT2D eigenvalue weighted by Crippen LogP contribution is -2.55. The van der Waals surface area contributed by atoms with E-state index in [1.54, 1.807) is 0 Å². The fraction of sp³-hybridized carbons (Fsp3) is 0.471. The molecule has 0 spiro atoms. The molecule has 2 fully saturated rings. The number of β-amino-alcohol motifs (C(OH)–C–C–N with tert-alkyl or cyclic N) is 1. The summed E-state index contributed by atoms with van der Waals surface area (Å²) in [4.78, 5) is 31.2. The van der Waals surface area contributed by atoms with E-state index in [2.05, 4.69) is 20.9 Å². The Morgan fingerprint density at radius 2 is 2.10 bits per heavy atom. The van der Waals surface area contributed by atoms with Gasteiger partial charge in [0.15, 0.2) is 11.3 Å². The minimum Gasteiger partial charge on any atom is -0.448 e. The van der Waals surface area contributed by atoms with Gasteiger partial charge in [0, 0.05) is 23.8 Å². The van der Waals surface area contributed by atoms with Crippen LogP contribution < -0.4 is 0 Å². The maximum atomic E-state index is 13.4. The maximum absolute atomic E-state index is 13.4. The molecule has 4 heterocycles. The molecule has 2 aliphatic heterocycles. The summed E-state index contributed by atoms with van der Waals surface area (Å²) in [7, 11) is 0. The van der Waals surface area contributed by atoms with Crippen LogP contribution in [0.5, 0.6) is 0 Å². The molecule has 0 radical (unpaired) electrons. The van der Waals surface area contributed by atoms with Crippen LogP contribution in [-0.4, -0.2) is 74.7 Å². The second-order valence-electron chi connectivity index (χ2n) is 7.00. The highest BCUT2D eigenvalue weighted by Gasteiger charge is 2.40. The van der Waals surface area contributed by atoms with E-state index in [0.717, 1.165) is 10.5 Å². The Morgan fingerprint density at radius 1 is 1.37 bits per heavy atom. The first-order valence-corrected chi connectivity index (χ1v) is 10.1. The fourth-order valence-electron chi connectivity index (χ4n) is 3.75. The smallest absolute Gasteiger partial charge is 0.420 e. The maximum Gasteiger partial charge on any atom is 0.420 e. The van der Waals surface area contributed by atoms with Crippen LogP contribution in [0.2, 0.25) is 5.15 Å². The topological polar surface area (TPSA) is 87.4 Å². The molecule has 2 aromatic rings. The van der Waals surface area contributed by atoms with Gasteiger partial charge in [0.2, 0.25) is 0 Å². The van der Waals surface area contributed by atoms with Gasteiger partial charge in [-0.3, -0.25) is 14.1 Å². The molecule has 0 aliphatic carbocycles. The highest BCUT2D eigenvalue weighted by Crippen LogP contribution is 2.36. The van der Waals surface area contributed by atoms with Gasteiger partial charge >= 0.3 is 12.3 Å². The number of piperidine rings is 1. The molecule has 4 rings (SSSR count). The number of ether oxygens (including phenoxy) is 1. The lowest BCUT2D eigenvalue weighted by Gasteiger charge is -2.38. The van der Waals surface area contributed by atoms with E-state index < -0.39 is 41.5 Å². The molecule has 0 bridgehead atoms. The number of nitrogens with zero attached hydrogens (tertiary/aromatic N) is 4. The van der Waals surface area contributed by atoms with Crippen LogP contribution in [-0.2, 0) is 10.9 Å². The molecule has 2 amide bonds. The van der Waals surface area contributed by atoms with Crippen molar-refractivity contribution in [2.75, 3.05) is 26.2 Å². The van der Waals surface area contributed by atoms with Crippen molar-refractivity contribution in [1.82, 2.24) is 19.2 Å². The molecule has 0 aromatic carbocycles. The Morgan fingerprint density at radius 3 is 2.70 bits per heavy atom. The van der Waals surface area contributed by atoms with E-state index in [4.69, 9.17) is 16.3 Å². The van der Waals surface area contributed by atoms with Crippen LogP contribution in [0.4, 0.5) is 18.0 Å². The van der Waals surface area contributed by atoms with Gasteiger partial charge in [0.1, 0.15) is 11.8 Å². The molecule has 2 saturated heterocycles. The number of imidazole rings is 1. The zero-order chi connectivity index (χ0) is 21.8. The van der Waals surface area contributed by atoms with Gasteiger partial charge in [-0.2, -0.15) is 13.2 Å². The molecule has 8 nitrogen and oxygen atoms in total. The first-order valence-electron chi connectivity index (χ1n) is 8.93. The van der Waals surface area contributed by atoms with E-state index in [0.29, 0.717) is 6.54 Å². The monoisotopic (exact) mass is 510 g/mol. The number of pyridine rings is 1. The van der Waals surface area contributed by atoms with Crippen LogP contribution in [0.1, 0.15) is 22.5 Å². The highest BCUT2D eigenvalue weighted by molar-refractivity contribution is 9.10. The number of alkyl halides is 3. The number of fused-ring (bicyclic) bond motifs is 1. The zero-order valence-corrected chi connectivity index (χ0v) is 17.5. The van der Waals surface area contributed by atoms with Gasteiger partial charge < -0.3 is 14.7 Å². The van der Waals surface area contributed by atoms with E-state index >= 15 is 0 Å². The quantitative estimate of drug-likeness (QED) is 0.670. The molecule has 30 heavy (non-hydrogen) atoms. The average Bonchev–Trinajstić information content (AvgIpc) is 3.23. The number of hydrogen-bond donors (Lipinski definition) is 1. The van der Waals surface area contributed by atoms with Gasteiger partial charge in [0.25, 0.3) is 5.91 Å². The summed E-state index contributed by atoms with van der Waals surface area (Å²) < 4.78 is 46.1. The molecular weight excluding hydrogens is 497 g/mol. The van der Waals surface area contributed by atoms with Gasteiger partial charge in [0.05, 0.1) is 24.3 Å². The van der Waals surface area contributed by atoms with Crippen LogP contribution in [0.15, 0.2) is 16.7 Å². The second kappa shape index (κ2) is 7.57. The Balaban J connectivity index is 1.61. The number of likely N-dealkylation sites (tertiary alicyclic amines) is 1. The SMILES string of the molecule is O=C(c1nc2c(C(F)(F)F)cc(Br)cn2c1Cl)N1CC[C@H](N2CCOC2=O)[C@@H](O)C1. The van der Waals surface area contributed by atoms with Crippen molar-refractivity contribution in [2.24, 2.45) is 0 Å². The Labute approximate surface area is 181 Å². The second-order valence-corrected chi connectivity index (χ2v) is 8.27. The number of rotatable bonds is 2. The molecule has 162 valence electrons. The van der Waals surface area contributed by atoms with Gasteiger partial charge in [-0.1, -0.05) is 11.6 Å². The number of amides is 2. The summed E-state index contributed by atoms with van der Waals surface area (Å²) in [6.07, 6.45) is -4.68. The minimum atomic E-state index is -4.70. The molecule has 0 unspecified atom stereocenters. The zero-order valence-electron chi connectivity index (χ0n) is 15.2. The highest BCUT2D eigenvalue weighted by atomic mass is 79.9.